The fourth-order valence-corrected chi connectivity index (χ4v) is 3.20. The lowest BCUT2D eigenvalue weighted by Gasteiger charge is -2.11. The molecular formula is C20H18F3N5O2. The average Bonchev–Trinajstić information content (AvgIpc) is 3.45. The number of carbonyl (C=O) groups is 1. The van der Waals surface area contributed by atoms with Crippen LogP contribution in [0, 0.1) is 5.92 Å². The zero-order valence-corrected chi connectivity index (χ0v) is 15.6. The summed E-state index contributed by atoms with van der Waals surface area (Å²) in [6, 6.07) is 9.46. The number of benzene rings is 1. The van der Waals surface area contributed by atoms with E-state index >= 15 is 0 Å². The van der Waals surface area contributed by atoms with Gasteiger partial charge < -0.3 is 15.8 Å². The molecular weight excluding hydrogens is 399 g/mol. The van der Waals surface area contributed by atoms with Crippen molar-refractivity contribution in [1.29, 1.82) is 0 Å². The maximum absolute atomic E-state index is 12.2. The molecule has 0 radical (unpaired) electrons. The normalized spacial score (nSPS) is 14.7. The van der Waals surface area contributed by atoms with E-state index in [9.17, 15) is 23.2 Å². The van der Waals surface area contributed by atoms with Crippen molar-refractivity contribution in [3.8, 4) is 11.3 Å². The minimum Gasteiger partial charge on any atom is -0.411 e. The number of anilines is 1. The number of oxime groups is 1. The monoisotopic (exact) mass is 417 g/mol. The van der Waals surface area contributed by atoms with Crippen LogP contribution in [0.5, 0.6) is 0 Å². The third-order valence-electron chi connectivity index (χ3n) is 4.75. The molecule has 156 valence electrons. The molecule has 3 aromatic rings. The van der Waals surface area contributed by atoms with E-state index in [1.165, 1.54) is 0 Å². The van der Waals surface area contributed by atoms with Crippen molar-refractivity contribution in [2.45, 2.75) is 19.0 Å². The molecule has 1 fully saturated rings. The number of nitrogens with one attached hydrogen (secondary N) is 2. The summed E-state index contributed by atoms with van der Waals surface area (Å²) in [6.07, 6.45) is 1.00. The van der Waals surface area contributed by atoms with Gasteiger partial charge in [0.1, 0.15) is 12.2 Å². The molecule has 30 heavy (non-hydrogen) atoms. The lowest BCUT2D eigenvalue weighted by atomic mass is 10.1. The Morgan fingerprint density at radius 1 is 1.27 bits per heavy atom. The number of rotatable bonds is 5. The van der Waals surface area contributed by atoms with Crippen LogP contribution >= 0.6 is 0 Å². The Balaban J connectivity index is 1.55. The number of imidazole rings is 1. The predicted octanol–water partition coefficient (Wildman–Crippen LogP) is 4.27. The van der Waals surface area contributed by atoms with E-state index in [0.29, 0.717) is 17.0 Å². The van der Waals surface area contributed by atoms with E-state index in [2.05, 4.69) is 15.5 Å². The molecule has 2 heterocycles. The number of hydrogen-bond acceptors (Lipinski definition) is 4. The topological polar surface area (TPSA) is 91.0 Å². The molecule has 2 amide bonds. The minimum absolute atomic E-state index is 0.276. The highest BCUT2D eigenvalue weighted by Gasteiger charge is 2.29. The maximum Gasteiger partial charge on any atom is 0.405 e. The molecule has 4 rings (SSSR count). The summed E-state index contributed by atoms with van der Waals surface area (Å²) in [6.45, 7) is -1.41. The Hall–Kier alpha value is -3.56. The molecule has 0 atom stereocenters. The predicted molar refractivity (Wildman–Crippen MR) is 105 cm³/mol. The molecule has 1 aliphatic carbocycles. The Morgan fingerprint density at radius 2 is 2.07 bits per heavy atom. The number of fused-ring (bicyclic) bond motifs is 1. The molecule has 2 aromatic heterocycles. The number of hydrogen-bond donors (Lipinski definition) is 3. The van der Waals surface area contributed by atoms with Crippen LogP contribution in [0.1, 0.15) is 18.4 Å². The van der Waals surface area contributed by atoms with Gasteiger partial charge in [0, 0.05) is 28.9 Å². The van der Waals surface area contributed by atoms with Crippen LogP contribution in [0.4, 0.5) is 23.7 Å². The van der Waals surface area contributed by atoms with Gasteiger partial charge in [0.15, 0.2) is 0 Å². The Labute approximate surface area is 169 Å². The smallest absolute Gasteiger partial charge is 0.405 e. The van der Waals surface area contributed by atoms with Crippen molar-refractivity contribution in [2.75, 3.05) is 11.9 Å². The number of aromatic nitrogens is 2. The summed E-state index contributed by atoms with van der Waals surface area (Å²) < 4.78 is 38.5. The van der Waals surface area contributed by atoms with Crippen molar-refractivity contribution in [3.05, 3.63) is 54.4 Å². The molecule has 1 aromatic carbocycles. The highest BCUT2D eigenvalue weighted by Crippen LogP contribution is 2.34. The lowest BCUT2D eigenvalue weighted by Crippen LogP contribution is -2.36. The van der Waals surface area contributed by atoms with E-state index in [1.807, 2.05) is 22.7 Å². The zero-order chi connectivity index (χ0) is 21.3. The Kier molecular flexibility index (Phi) is 5.06. The van der Waals surface area contributed by atoms with Gasteiger partial charge in [-0.3, -0.25) is 4.40 Å². The molecule has 0 unspecified atom stereocenters. The van der Waals surface area contributed by atoms with E-state index < -0.39 is 18.8 Å². The van der Waals surface area contributed by atoms with Crippen molar-refractivity contribution in [2.24, 2.45) is 11.1 Å². The van der Waals surface area contributed by atoms with E-state index in [0.717, 1.165) is 29.7 Å². The van der Waals surface area contributed by atoms with Crippen LogP contribution < -0.4 is 10.6 Å². The number of pyridine rings is 1. The maximum atomic E-state index is 12.2. The summed E-state index contributed by atoms with van der Waals surface area (Å²) in [7, 11) is 0. The number of urea groups is 1. The van der Waals surface area contributed by atoms with Crippen LogP contribution in [0.2, 0.25) is 0 Å². The average molecular weight is 417 g/mol. The molecule has 0 bridgehead atoms. The standard InChI is InChI=1S/C20H18F3N5O2/c21-20(22,23)11-25-19(29)26-15-3-1-2-13(8-15)16-10-24-17-9-14(6-7-28(16)17)18(27-30)12-4-5-12/h1-3,6-10,12,30H,4-5,11H2,(H2,25,26,29)/b27-18-. The molecule has 0 aliphatic heterocycles. The van der Waals surface area contributed by atoms with E-state index in [4.69, 9.17) is 0 Å². The second kappa shape index (κ2) is 7.69. The van der Waals surface area contributed by atoms with Crippen molar-refractivity contribution in [1.82, 2.24) is 14.7 Å². The Bertz CT molecular complexity index is 1120. The van der Waals surface area contributed by atoms with Crippen molar-refractivity contribution in [3.63, 3.8) is 0 Å². The number of alkyl halides is 3. The van der Waals surface area contributed by atoms with Gasteiger partial charge in [-0.15, -0.1) is 0 Å². The van der Waals surface area contributed by atoms with Gasteiger partial charge in [-0.1, -0.05) is 17.3 Å². The quantitative estimate of drug-likeness (QED) is 0.329. The largest absolute Gasteiger partial charge is 0.411 e. The lowest BCUT2D eigenvalue weighted by molar-refractivity contribution is -0.122. The second-order valence-corrected chi connectivity index (χ2v) is 7.05. The summed E-state index contributed by atoms with van der Waals surface area (Å²) in [5, 5.41) is 16.9. The fraction of sp³-hybridized carbons (Fsp3) is 0.250. The third-order valence-corrected chi connectivity index (χ3v) is 4.75. The number of nitrogens with zero attached hydrogens (tertiary/aromatic N) is 3. The van der Waals surface area contributed by atoms with Gasteiger partial charge in [-0.25, -0.2) is 9.78 Å². The first kappa shape index (κ1) is 19.7. The highest BCUT2D eigenvalue weighted by atomic mass is 19.4. The number of carbonyl (C=O) groups excluding carboxylic acids is 1. The summed E-state index contributed by atoms with van der Waals surface area (Å²) in [5.41, 5.74) is 3.93. The van der Waals surface area contributed by atoms with E-state index in [1.54, 1.807) is 35.8 Å². The third kappa shape index (κ3) is 4.37. The van der Waals surface area contributed by atoms with Crippen LogP contribution in [-0.4, -0.2) is 39.1 Å². The fourth-order valence-electron chi connectivity index (χ4n) is 3.20. The summed E-state index contributed by atoms with van der Waals surface area (Å²) in [5.74, 6) is 0.276. The summed E-state index contributed by atoms with van der Waals surface area (Å²) in [4.78, 5) is 16.1. The van der Waals surface area contributed by atoms with Crippen LogP contribution in [-0.2, 0) is 0 Å². The van der Waals surface area contributed by atoms with Crippen molar-refractivity contribution < 1.29 is 23.2 Å². The SMILES string of the molecule is O=C(NCC(F)(F)F)Nc1cccc(-c2cnc3cc(/C(=N\O)C4CC4)ccn23)c1. The molecule has 3 N–H and O–H groups in total. The highest BCUT2D eigenvalue weighted by molar-refractivity contribution is 6.03. The second-order valence-electron chi connectivity index (χ2n) is 7.05. The first-order valence-electron chi connectivity index (χ1n) is 9.25. The minimum atomic E-state index is -4.48. The molecule has 10 heteroatoms. The van der Waals surface area contributed by atoms with Gasteiger partial charge in [0.25, 0.3) is 0 Å². The number of halogens is 3. The molecule has 1 aliphatic rings. The molecule has 1 saturated carbocycles. The summed E-state index contributed by atoms with van der Waals surface area (Å²) >= 11 is 0. The molecule has 0 spiro atoms. The van der Waals surface area contributed by atoms with Gasteiger partial charge in [0.05, 0.1) is 17.6 Å². The first-order chi connectivity index (χ1) is 14.3. The van der Waals surface area contributed by atoms with Gasteiger partial charge in [0.2, 0.25) is 0 Å². The van der Waals surface area contributed by atoms with Crippen LogP contribution in [0.3, 0.4) is 0 Å². The van der Waals surface area contributed by atoms with Gasteiger partial charge in [-0.2, -0.15) is 13.2 Å². The van der Waals surface area contributed by atoms with Crippen molar-refractivity contribution >= 4 is 23.1 Å². The molecule has 0 saturated heterocycles. The zero-order valence-electron chi connectivity index (χ0n) is 15.6. The van der Waals surface area contributed by atoms with Crippen LogP contribution in [0.15, 0.2) is 53.9 Å². The molecule has 7 nitrogen and oxygen atoms in total. The van der Waals surface area contributed by atoms with Gasteiger partial charge >= 0.3 is 12.2 Å². The first-order valence-corrected chi connectivity index (χ1v) is 9.25. The van der Waals surface area contributed by atoms with E-state index in [-0.39, 0.29) is 5.92 Å². The van der Waals surface area contributed by atoms with Crippen LogP contribution in [0.25, 0.3) is 16.9 Å². The number of amides is 2. The Morgan fingerprint density at radius 3 is 2.77 bits per heavy atom. The van der Waals surface area contributed by atoms with Gasteiger partial charge in [-0.05, 0) is 37.1 Å².